The predicted octanol–water partition coefficient (Wildman–Crippen LogP) is -0.262. The average Bonchev–Trinajstić information content (AvgIpc) is 1.69. The Labute approximate surface area is 42.9 Å². The van der Waals surface area contributed by atoms with Crippen molar-refractivity contribution in [3.05, 3.63) is 0 Å². The van der Waals surface area contributed by atoms with Gasteiger partial charge >= 0.3 is 0 Å². The molecule has 0 rings (SSSR count). The molecule has 0 aliphatic carbocycles. The number of hydrogen-bond acceptors (Lipinski definition) is 3. The predicted molar refractivity (Wildman–Crippen MR) is 26.1 cm³/mol. The van der Waals surface area contributed by atoms with Crippen LogP contribution in [0.25, 0.3) is 0 Å². The quantitative estimate of drug-likeness (QED) is 0.341. The third kappa shape index (κ3) is 5.88. The van der Waals surface area contributed by atoms with Gasteiger partial charge in [-0.3, -0.25) is 0 Å². The SMILES string of the molecule is OCCCCNO. The van der Waals surface area contributed by atoms with Gasteiger partial charge in [0.15, 0.2) is 0 Å². The Hall–Kier alpha value is -0.120. The summed E-state index contributed by atoms with van der Waals surface area (Å²) in [5.41, 5.74) is 1.99. The van der Waals surface area contributed by atoms with Crippen molar-refractivity contribution >= 4 is 0 Å². The molecule has 3 nitrogen and oxygen atoms in total. The van der Waals surface area contributed by atoms with Crippen LogP contribution in [0, 0.1) is 0 Å². The monoisotopic (exact) mass is 105 g/mol. The van der Waals surface area contributed by atoms with Gasteiger partial charge in [0.1, 0.15) is 0 Å². The van der Waals surface area contributed by atoms with Crippen LogP contribution < -0.4 is 5.48 Å². The van der Waals surface area contributed by atoms with Gasteiger partial charge in [-0.05, 0) is 12.8 Å². The molecule has 0 spiro atoms. The van der Waals surface area contributed by atoms with Gasteiger partial charge in [0.25, 0.3) is 0 Å². The van der Waals surface area contributed by atoms with Crippen LogP contribution in [0.2, 0.25) is 0 Å². The summed E-state index contributed by atoms with van der Waals surface area (Å²) >= 11 is 0. The molecule has 0 aromatic carbocycles. The minimum Gasteiger partial charge on any atom is -0.396 e. The lowest BCUT2D eigenvalue weighted by Gasteiger charge is -1.91. The van der Waals surface area contributed by atoms with E-state index in [2.05, 4.69) is 0 Å². The molecule has 0 radical (unpaired) electrons. The summed E-state index contributed by atoms with van der Waals surface area (Å²) in [5.74, 6) is 0. The van der Waals surface area contributed by atoms with E-state index in [4.69, 9.17) is 10.3 Å². The van der Waals surface area contributed by atoms with Crippen LogP contribution in [0.5, 0.6) is 0 Å². The zero-order valence-corrected chi connectivity index (χ0v) is 4.22. The molecule has 0 saturated heterocycles. The molecule has 0 heterocycles. The Kier molecular flexibility index (Phi) is 5.78. The van der Waals surface area contributed by atoms with Crippen LogP contribution >= 0.6 is 0 Å². The normalized spacial score (nSPS) is 9.43. The first-order valence-electron chi connectivity index (χ1n) is 2.39. The molecule has 0 saturated carbocycles. The molecule has 0 aromatic heterocycles. The van der Waals surface area contributed by atoms with E-state index in [-0.39, 0.29) is 6.61 Å². The number of hydroxylamine groups is 1. The Morgan fingerprint density at radius 1 is 1.29 bits per heavy atom. The Balaban J connectivity index is 2.45. The molecule has 0 bridgehead atoms. The highest BCUT2D eigenvalue weighted by Crippen LogP contribution is 1.80. The summed E-state index contributed by atoms with van der Waals surface area (Å²) in [4.78, 5) is 0. The van der Waals surface area contributed by atoms with E-state index in [1.54, 1.807) is 0 Å². The van der Waals surface area contributed by atoms with E-state index >= 15 is 0 Å². The highest BCUT2D eigenvalue weighted by Gasteiger charge is 1.80. The summed E-state index contributed by atoms with van der Waals surface area (Å²) in [5, 5.41) is 16.1. The van der Waals surface area contributed by atoms with Gasteiger partial charge in [-0.1, -0.05) is 0 Å². The van der Waals surface area contributed by atoms with Gasteiger partial charge in [0.2, 0.25) is 0 Å². The van der Waals surface area contributed by atoms with Gasteiger partial charge in [0.05, 0.1) is 0 Å². The molecule has 0 aliphatic rings. The van der Waals surface area contributed by atoms with Crippen LogP contribution in [-0.2, 0) is 0 Å². The number of aliphatic hydroxyl groups excluding tert-OH is 1. The zero-order valence-electron chi connectivity index (χ0n) is 4.22. The van der Waals surface area contributed by atoms with Crippen molar-refractivity contribution in [1.82, 2.24) is 5.48 Å². The van der Waals surface area contributed by atoms with Crippen LogP contribution in [0.15, 0.2) is 0 Å². The van der Waals surface area contributed by atoms with Crippen molar-refractivity contribution in [3.63, 3.8) is 0 Å². The molecule has 7 heavy (non-hydrogen) atoms. The van der Waals surface area contributed by atoms with E-state index in [0.29, 0.717) is 6.54 Å². The van der Waals surface area contributed by atoms with E-state index in [9.17, 15) is 0 Å². The maximum Gasteiger partial charge on any atom is 0.0431 e. The molecule has 3 N–H and O–H groups in total. The second-order valence-corrected chi connectivity index (χ2v) is 1.34. The number of hydrogen-bond donors (Lipinski definition) is 3. The Bertz CT molecular complexity index is 28.9. The molecule has 0 atom stereocenters. The zero-order chi connectivity index (χ0) is 5.54. The molecule has 44 valence electrons. The van der Waals surface area contributed by atoms with E-state index in [1.807, 2.05) is 5.48 Å². The first-order valence-corrected chi connectivity index (χ1v) is 2.39. The van der Waals surface area contributed by atoms with Crippen molar-refractivity contribution in [1.29, 1.82) is 0 Å². The van der Waals surface area contributed by atoms with Crippen molar-refractivity contribution < 1.29 is 10.3 Å². The van der Waals surface area contributed by atoms with Crippen LogP contribution in [0.3, 0.4) is 0 Å². The fraction of sp³-hybridized carbons (Fsp3) is 1.00. The molecule has 3 heteroatoms. The Morgan fingerprint density at radius 2 is 2.00 bits per heavy atom. The maximum atomic E-state index is 8.18. The third-order valence-electron chi connectivity index (χ3n) is 0.697. The van der Waals surface area contributed by atoms with Crippen molar-refractivity contribution in [3.8, 4) is 0 Å². The molecule has 0 amide bonds. The molecular weight excluding hydrogens is 94.0 g/mol. The summed E-state index contributed by atoms with van der Waals surface area (Å²) < 4.78 is 0. The molecular formula is C4H11NO2. The average molecular weight is 105 g/mol. The lowest BCUT2D eigenvalue weighted by molar-refractivity contribution is 0.161. The summed E-state index contributed by atoms with van der Waals surface area (Å²) in [6.07, 6.45) is 1.58. The standard InChI is InChI=1S/C4H11NO2/c6-4-2-1-3-5-7/h5-7H,1-4H2. The highest BCUT2D eigenvalue weighted by molar-refractivity contribution is 4.36. The maximum absolute atomic E-state index is 8.18. The van der Waals surface area contributed by atoms with E-state index < -0.39 is 0 Å². The van der Waals surface area contributed by atoms with E-state index in [1.165, 1.54) is 0 Å². The second-order valence-electron chi connectivity index (χ2n) is 1.34. The second kappa shape index (κ2) is 5.88. The van der Waals surface area contributed by atoms with Gasteiger partial charge in [-0.2, -0.15) is 0 Å². The number of unbranched alkanes of at least 4 members (excludes halogenated alkanes) is 1. The first kappa shape index (κ1) is 6.88. The van der Waals surface area contributed by atoms with Crippen LogP contribution in [0.4, 0.5) is 0 Å². The summed E-state index contributed by atoms with van der Waals surface area (Å²) in [6.45, 7) is 0.780. The molecule has 0 aliphatic heterocycles. The van der Waals surface area contributed by atoms with Gasteiger partial charge < -0.3 is 10.3 Å². The highest BCUT2D eigenvalue weighted by atomic mass is 16.5. The van der Waals surface area contributed by atoms with Crippen molar-refractivity contribution in [2.45, 2.75) is 12.8 Å². The van der Waals surface area contributed by atoms with Crippen LogP contribution in [-0.4, -0.2) is 23.5 Å². The summed E-state index contributed by atoms with van der Waals surface area (Å²) in [7, 11) is 0. The van der Waals surface area contributed by atoms with Gasteiger partial charge in [-0.15, -0.1) is 0 Å². The summed E-state index contributed by atoms with van der Waals surface area (Å²) in [6, 6.07) is 0. The third-order valence-corrected chi connectivity index (χ3v) is 0.697. The topological polar surface area (TPSA) is 52.5 Å². The largest absolute Gasteiger partial charge is 0.396 e. The number of rotatable bonds is 4. The van der Waals surface area contributed by atoms with Crippen LogP contribution in [0.1, 0.15) is 12.8 Å². The lowest BCUT2D eigenvalue weighted by Crippen LogP contribution is -2.08. The fourth-order valence-corrected chi connectivity index (χ4v) is 0.316. The van der Waals surface area contributed by atoms with Gasteiger partial charge in [-0.25, -0.2) is 5.48 Å². The fourth-order valence-electron chi connectivity index (χ4n) is 0.316. The van der Waals surface area contributed by atoms with Crippen molar-refractivity contribution in [2.75, 3.05) is 13.2 Å². The minimum atomic E-state index is 0.210. The number of aliphatic hydroxyl groups is 1. The van der Waals surface area contributed by atoms with Crippen molar-refractivity contribution in [2.24, 2.45) is 0 Å². The smallest absolute Gasteiger partial charge is 0.0431 e. The minimum absolute atomic E-state index is 0.210. The first-order chi connectivity index (χ1) is 3.41. The van der Waals surface area contributed by atoms with E-state index in [0.717, 1.165) is 12.8 Å². The Morgan fingerprint density at radius 3 is 2.43 bits per heavy atom. The number of nitrogens with one attached hydrogen (secondary N) is 1. The molecule has 0 aromatic rings. The molecule has 0 fully saturated rings. The van der Waals surface area contributed by atoms with Gasteiger partial charge in [0, 0.05) is 13.2 Å². The lowest BCUT2D eigenvalue weighted by atomic mass is 10.3. The molecule has 0 unspecified atom stereocenters.